The van der Waals surface area contributed by atoms with Gasteiger partial charge < -0.3 is 3.83 Å². The topological polar surface area (TPSA) is 78.3 Å². The Bertz CT molecular complexity index is 468. The lowest BCUT2D eigenvalue weighted by Gasteiger charge is -1.94. The van der Waals surface area contributed by atoms with Gasteiger partial charge in [0.1, 0.15) is 5.69 Å². The first-order valence-electron chi connectivity index (χ1n) is 3.18. The molecule has 0 aliphatic carbocycles. The lowest BCUT2D eigenvalue weighted by molar-refractivity contribution is 0.0770. The monoisotopic (exact) mass is 302 g/mol. The Kier molecular flexibility index (Phi) is 3.17. The summed E-state index contributed by atoms with van der Waals surface area (Å²) in [6, 6.07) is 1.02. The van der Waals surface area contributed by atoms with Gasteiger partial charge in [-0.2, -0.15) is 5.10 Å². The summed E-state index contributed by atoms with van der Waals surface area (Å²) >= 11 is 2.47. The first-order chi connectivity index (χ1) is 6.36. The van der Waals surface area contributed by atoms with E-state index in [2.05, 4.69) is 25.2 Å². The smallest absolute Gasteiger partial charge is 0.368 e. The first kappa shape index (κ1) is 11.5. The van der Waals surface area contributed by atoms with Crippen molar-refractivity contribution in [3.63, 3.8) is 0 Å². The molecular weight excluding hydrogens is 299 g/mol. The van der Waals surface area contributed by atoms with Crippen LogP contribution in [0, 0.1) is 0 Å². The molecular formula is C5H4BrClN2O4S. The van der Waals surface area contributed by atoms with Crippen LogP contribution < -0.4 is 0 Å². The number of nitrogens with zero attached hydrogens (tertiary/aromatic N) is 2. The van der Waals surface area contributed by atoms with Gasteiger partial charge in [0.2, 0.25) is 0 Å². The molecule has 6 nitrogen and oxygen atoms in total. The molecule has 0 bridgehead atoms. The van der Waals surface area contributed by atoms with Gasteiger partial charge in [-0.3, -0.25) is 4.68 Å². The third-order valence-corrected chi connectivity index (χ3v) is 2.85. The number of hydrogen-bond donors (Lipinski definition) is 0. The van der Waals surface area contributed by atoms with Crippen LogP contribution in [-0.2, 0) is 19.9 Å². The van der Waals surface area contributed by atoms with Crippen LogP contribution in [0.1, 0.15) is 10.5 Å². The summed E-state index contributed by atoms with van der Waals surface area (Å²) in [5, 5.41) is 3.13. The molecule has 0 unspecified atom stereocenters. The van der Waals surface area contributed by atoms with Gasteiger partial charge in [0, 0.05) is 23.8 Å². The quantitative estimate of drug-likeness (QED) is 0.756. The highest BCUT2D eigenvalue weighted by atomic mass is 79.9. The lowest BCUT2D eigenvalue weighted by atomic mass is 10.4. The minimum absolute atomic E-state index is 0.0268. The highest BCUT2D eigenvalue weighted by Gasteiger charge is 2.20. The summed E-state index contributed by atoms with van der Waals surface area (Å²) in [5.74, 6) is -0.758. The minimum Gasteiger partial charge on any atom is -0.379 e. The third-order valence-electron chi connectivity index (χ3n) is 1.39. The Morgan fingerprint density at radius 2 is 2.29 bits per heavy atom. The number of rotatable bonds is 2. The summed E-state index contributed by atoms with van der Waals surface area (Å²) in [7, 11) is 2.49. The molecule has 0 atom stereocenters. The van der Waals surface area contributed by atoms with Crippen molar-refractivity contribution in [1.29, 1.82) is 0 Å². The number of hydrogen-bond acceptors (Lipinski definition) is 5. The molecule has 14 heavy (non-hydrogen) atoms. The molecule has 9 heteroatoms. The summed E-state index contributed by atoms with van der Waals surface area (Å²) in [4.78, 5) is 11.0. The molecule has 1 aromatic heterocycles. The van der Waals surface area contributed by atoms with Gasteiger partial charge in [0.05, 0.1) is 0 Å². The van der Waals surface area contributed by atoms with Crippen LogP contribution >= 0.6 is 26.9 Å². The van der Waals surface area contributed by atoms with Crippen LogP contribution in [0.5, 0.6) is 0 Å². The summed E-state index contributed by atoms with van der Waals surface area (Å²) in [6.45, 7) is 0. The Morgan fingerprint density at radius 1 is 1.71 bits per heavy atom. The number of aromatic nitrogens is 2. The molecule has 0 N–H and O–H groups in total. The highest BCUT2D eigenvalue weighted by molar-refractivity contribution is 9.06. The van der Waals surface area contributed by atoms with Gasteiger partial charge in [0.25, 0.3) is 9.05 Å². The van der Waals surface area contributed by atoms with Crippen LogP contribution in [0.15, 0.2) is 11.1 Å². The average Bonchev–Trinajstić information content (AvgIpc) is 2.45. The van der Waals surface area contributed by atoms with Crippen LogP contribution in [-0.4, -0.2) is 24.2 Å². The maximum absolute atomic E-state index is 11.0. The number of carbonyl (C=O) groups excluding carboxylic acids is 1. The molecule has 1 heterocycles. The van der Waals surface area contributed by atoms with Gasteiger partial charge in [0.15, 0.2) is 21.3 Å². The first-order valence-corrected chi connectivity index (χ1v) is 6.13. The molecule has 0 aliphatic rings. The van der Waals surface area contributed by atoms with Gasteiger partial charge in [-0.1, -0.05) is 0 Å². The van der Waals surface area contributed by atoms with Crippen molar-refractivity contribution in [1.82, 2.24) is 9.78 Å². The van der Waals surface area contributed by atoms with Gasteiger partial charge >= 0.3 is 5.97 Å². The Labute approximate surface area is 92.7 Å². The van der Waals surface area contributed by atoms with E-state index in [1.54, 1.807) is 0 Å². The zero-order valence-corrected chi connectivity index (χ0v) is 9.93. The number of aryl methyl sites for hydroxylation is 1. The predicted octanol–water partition coefficient (Wildman–Crippen LogP) is 0.814. The van der Waals surface area contributed by atoms with E-state index < -0.39 is 20.0 Å². The maximum Gasteiger partial charge on any atom is 0.368 e. The minimum atomic E-state index is -3.93. The summed E-state index contributed by atoms with van der Waals surface area (Å²) in [6.07, 6.45) is 0. The fraction of sp³-hybridized carbons (Fsp3) is 0.200. The normalized spacial score (nSPS) is 11.4. The highest BCUT2D eigenvalue weighted by Crippen LogP contribution is 2.15. The average molecular weight is 304 g/mol. The molecule has 78 valence electrons. The van der Waals surface area contributed by atoms with Crippen molar-refractivity contribution in [2.75, 3.05) is 0 Å². The van der Waals surface area contributed by atoms with Crippen LogP contribution in [0.2, 0.25) is 0 Å². The molecule has 0 fully saturated rings. The Balaban J connectivity index is 3.25. The molecule has 0 aromatic carbocycles. The second-order valence-corrected chi connectivity index (χ2v) is 5.13. The fourth-order valence-corrected chi connectivity index (χ4v) is 1.66. The van der Waals surface area contributed by atoms with E-state index in [1.807, 2.05) is 0 Å². The third kappa shape index (κ3) is 2.25. The molecule has 0 saturated carbocycles. The molecule has 0 radical (unpaired) electrons. The molecule has 0 spiro atoms. The van der Waals surface area contributed by atoms with Crippen molar-refractivity contribution in [3.8, 4) is 0 Å². The SMILES string of the molecule is Cn1nc(S(=O)(=O)Cl)cc1C(=O)OBr. The second-order valence-electron chi connectivity index (χ2n) is 2.29. The largest absolute Gasteiger partial charge is 0.379 e. The van der Waals surface area contributed by atoms with Crippen molar-refractivity contribution in [2.45, 2.75) is 5.03 Å². The lowest BCUT2D eigenvalue weighted by Crippen LogP contribution is -2.05. The molecule has 1 aromatic rings. The van der Waals surface area contributed by atoms with Crippen LogP contribution in [0.3, 0.4) is 0 Å². The summed E-state index contributed by atoms with van der Waals surface area (Å²) in [5.41, 5.74) is -0.0268. The predicted molar refractivity (Wildman–Crippen MR) is 50.6 cm³/mol. The molecule has 0 aliphatic heterocycles. The van der Waals surface area contributed by atoms with E-state index >= 15 is 0 Å². The van der Waals surface area contributed by atoms with E-state index in [1.165, 1.54) is 7.05 Å². The zero-order chi connectivity index (χ0) is 10.9. The van der Waals surface area contributed by atoms with Gasteiger partial charge in [-0.25, -0.2) is 13.2 Å². The summed E-state index contributed by atoms with van der Waals surface area (Å²) < 4.78 is 26.9. The molecule has 0 amide bonds. The maximum atomic E-state index is 11.0. The second kappa shape index (κ2) is 3.87. The van der Waals surface area contributed by atoms with E-state index in [4.69, 9.17) is 10.7 Å². The van der Waals surface area contributed by atoms with E-state index in [-0.39, 0.29) is 5.69 Å². The van der Waals surface area contributed by atoms with E-state index in [0.29, 0.717) is 0 Å². The molecule has 0 saturated heterocycles. The number of carbonyl (C=O) groups is 1. The standard InChI is InChI=1S/C5H4BrClN2O4S/c1-9-3(5(10)13-6)2-4(8-9)14(7,11)12/h2H,1H3. The van der Waals surface area contributed by atoms with Gasteiger partial charge in [-0.15, -0.1) is 0 Å². The van der Waals surface area contributed by atoms with Crippen molar-refractivity contribution < 1.29 is 17.0 Å². The Morgan fingerprint density at radius 3 is 2.64 bits per heavy atom. The van der Waals surface area contributed by atoms with Crippen LogP contribution in [0.4, 0.5) is 0 Å². The van der Waals surface area contributed by atoms with Crippen molar-refractivity contribution in [2.24, 2.45) is 7.05 Å². The Hall–Kier alpha value is -0.600. The van der Waals surface area contributed by atoms with E-state index in [9.17, 15) is 13.2 Å². The van der Waals surface area contributed by atoms with Crippen LogP contribution in [0.25, 0.3) is 0 Å². The van der Waals surface area contributed by atoms with Crippen molar-refractivity contribution >= 4 is 42.0 Å². The van der Waals surface area contributed by atoms with Crippen molar-refractivity contribution in [3.05, 3.63) is 11.8 Å². The molecule has 1 rings (SSSR count). The van der Waals surface area contributed by atoms with E-state index in [0.717, 1.165) is 10.7 Å². The van der Waals surface area contributed by atoms with Gasteiger partial charge in [-0.05, 0) is 0 Å². The number of halogens is 2. The fourth-order valence-electron chi connectivity index (χ4n) is 0.791. The zero-order valence-electron chi connectivity index (χ0n) is 6.77.